The Morgan fingerprint density at radius 2 is 1.83 bits per heavy atom. The number of nitrogens with one attached hydrogen (secondary N) is 1. The second-order valence-corrected chi connectivity index (χ2v) is 5.06. The molecule has 0 saturated heterocycles. The molecule has 0 unspecified atom stereocenters. The minimum absolute atomic E-state index is 0.0723. The number of methoxy groups -OCH3 is 1. The molecule has 1 aromatic carbocycles. The van der Waals surface area contributed by atoms with E-state index in [2.05, 4.69) is 19.2 Å². The molecule has 2 N–H and O–H groups in total. The number of ether oxygens (including phenoxy) is 1. The lowest BCUT2D eigenvalue weighted by Gasteiger charge is -2.25. The summed E-state index contributed by atoms with van der Waals surface area (Å²) >= 11 is 0. The third-order valence-corrected chi connectivity index (χ3v) is 2.65. The Kier molecular flexibility index (Phi) is 5.31. The fraction of sp³-hybridized carbons (Fsp3) is 0.500. The Bertz CT molecular complexity index is 385. The van der Waals surface area contributed by atoms with Crippen molar-refractivity contribution in [2.24, 2.45) is 0 Å². The van der Waals surface area contributed by atoms with Crippen molar-refractivity contribution in [3.63, 3.8) is 0 Å². The molecule has 18 heavy (non-hydrogen) atoms. The molecule has 0 saturated carbocycles. The fourth-order valence-electron chi connectivity index (χ4n) is 1.70. The van der Waals surface area contributed by atoms with E-state index in [1.807, 2.05) is 24.3 Å². The molecule has 0 aromatic heterocycles. The zero-order valence-electron chi connectivity index (χ0n) is 11.2. The van der Waals surface area contributed by atoms with E-state index in [0.29, 0.717) is 6.61 Å². The Hall–Kier alpha value is -1.39. The minimum Gasteiger partial charge on any atom is -0.481 e. The van der Waals surface area contributed by atoms with Gasteiger partial charge < -0.3 is 15.2 Å². The molecule has 0 aliphatic rings. The second-order valence-electron chi connectivity index (χ2n) is 5.06. The standard InChI is InChI=1S/C14H21NO3/c1-14(2,10-18-3)15-9-12-6-4-11(5-7-12)8-13(16)17/h4-7,15H,8-10H2,1-3H3,(H,16,17). The molecule has 0 atom stereocenters. The molecule has 0 aliphatic carbocycles. The molecular weight excluding hydrogens is 230 g/mol. The normalized spacial score (nSPS) is 11.5. The van der Waals surface area contributed by atoms with Crippen molar-refractivity contribution in [1.29, 1.82) is 0 Å². The van der Waals surface area contributed by atoms with Crippen LogP contribution in [0.4, 0.5) is 0 Å². The highest BCUT2D eigenvalue weighted by Gasteiger charge is 2.15. The molecule has 0 radical (unpaired) electrons. The number of hydrogen-bond acceptors (Lipinski definition) is 3. The summed E-state index contributed by atoms with van der Waals surface area (Å²) in [6, 6.07) is 7.62. The minimum atomic E-state index is -0.804. The summed E-state index contributed by atoms with van der Waals surface area (Å²) in [5.74, 6) is -0.804. The van der Waals surface area contributed by atoms with Crippen molar-refractivity contribution in [2.75, 3.05) is 13.7 Å². The monoisotopic (exact) mass is 251 g/mol. The number of rotatable bonds is 7. The van der Waals surface area contributed by atoms with Crippen molar-refractivity contribution in [2.45, 2.75) is 32.4 Å². The van der Waals surface area contributed by atoms with Crippen LogP contribution < -0.4 is 5.32 Å². The first kappa shape index (κ1) is 14.7. The molecule has 100 valence electrons. The van der Waals surface area contributed by atoms with E-state index in [9.17, 15) is 4.79 Å². The third kappa shape index (κ3) is 5.29. The van der Waals surface area contributed by atoms with Crippen molar-refractivity contribution in [3.05, 3.63) is 35.4 Å². The van der Waals surface area contributed by atoms with Gasteiger partial charge in [-0.2, -0.15) is 0 Å². The maximum Gasteiger partial charge on any atom is 0.307 e. The smallest absolute Gasteiger partial charge is 0.307 e. The van der Waals surface area contributed by atoms with E-state index in [1.54, 1.807) is 7.11 Å². The van der Waals surface area contributed by atoms with Crippen LogP contribution in [0.15, 0.2) is 24.3 Å². The maximum atomic E-state index is 10.6. The lowest BCUT2D eigenvalue weighted by Crippen LogP contribution is -2.42. The predicted molar refractivity (Wildman–Crippen MR) is 70.6 cm³/mol. The molecule has 1 rings (SSSR count). The van der Waals surface area contributed by atoms with Crippen LogP contribution in [0.1, 0.15) is 25.0 Å². The van der Waals surface area contributed by atoms with Crippen LogP contribution in [0.3, 0.4) is 0 Å². The van der Waals surface area contributed by atoms with Crippen LogP contribution in [0, 0.1) is 0 Å². The van der Waals surface area contributed by atoms with Crippen LogP contribution in [0.2, 0.25) is 0 Å². The van der Waals surface area contributed by atoms with Gasteiger partial charge in [-0.1, -0.05) is 24.3 Å². The zero-order valence-corrected chi connectivity index (χ0v) is 11.2. The van der Waals surface area contributed by atoms with E-state index in [-0.39, 0.29) is 12.0 Å². The van der Waals surface area contributed by atoms with Gasteiger partial charge in [0.1, 0.15) is 0 Å². The highest BCUT2D eigenvalue weighted by atomic mass is 16.5. The van der Waals surface area contributed by atoms with Gasteiger partial charge in [-0.15, -0.1) is 0 Å². The first-order valence-electron chi connectivity index (χ1n) is 5.96. The largest absolute Gasteiger partial charge is 0.481 e. The summed E-state index contributed by atoms with van der Waals surface area (Å²) in [5, 5.41) is 12.1. The number of carboxylic acid groups (broad SMARTS) is 1. The molecule has 1 aromatic rings. The summed E-state index contributed by atoms with van der Waals surface area (Å²) in [6.07, 6.45) is 0.0723. The predicted octanol–water partition coefficient (Wildman–Crippen LogP) is 1.83. The van der Waals surface area contributed by atoms with Crippen LogP contribution in [0.5, 0.6) is 0 Å². The first-order chi connectivity index (χ1) is 8.43. The molecular formula is C14H21NO3. The van der Waals surface area contributed by atoms with Crippen LogP contribution >= 0.6 is 0 Å². The van der Waals surface area contributed by atoms with Crippen molar-refractivity contribution in [1.82, 2.24) is 5.32 Å². The molecule has 4 heteroatoms. The van der Waals surface area contributed by atoms with Gasteiger partial charge in [0.15, 0.2) is 0 Å². The Balaban J connectivity index is 2.51. The summed E-state index contributed by atoms with van der Waals surface area (Å²) in [5.41, 5.74) is 1.88. The molecule has 0 spiro atoms. The molecule has 4 nitrogen and oxygen atoms in total. The van der Waals surface area contributed by atoms with E-state index in [0.717, 1.165) is 17.7 Å². The summed E-state index contributed by atoms with van der Waals surface area (Å²) < 4.78 is 5.13. The first-order valence-corrected chi connectivity index (χ1v) is 5.96. The summed E-state index contributed by atoms with van der Waals surface area (Å²) in [4.78, 5) is 10.6. The number of carboxylic acids is 1. The lowest BCUT2D eigenvalue weighted by atomic mass is 10.1. The van der Waals surface area contributed by atoms with Gasteiger partial charge >= 0.3 is 5.97 Å². The molecule has 0 bridgehead atoms. The Labute approximate surface area is 108 Å². The number of hydrogen-bond donors (Lipinski definition) is 2. The maximum absolute atomic E-state index is 10.6. The van der Waals surface area contributed by atoms with Gasteiger partial charge in [0.05, 0.1) is 13.0 Å². The average molecular weight is 251 g/mol. The molecule has 0 aliphatic heterocycles. The highest BCUT2D eigenvalue weighted by Crippen LogP contribution is 2.08. The summed E-state index contributed by atoms with van der Waals surface area (Å²) in [6.45, 7) is 5.54. The van der Waals surface area contributed by atoms with E-state index in [1.165, 1.54) is 0 Å². The van der Waals surface area contributed by atoms with E-state index < -0.39 is 5.97 Å². The van der Waals surface area contributed by atoms with Gasteiger partial charge in [-0.25, -0.2) is 0 Å². The quantitative estimate of drug-likeness (QED) is 0.776. The second kappa shape index (κ2) is 6.52. The molecule has 0 amide bonds. The van der Waals surface area contributed by atoms with Gasteiger partial charge in [0.2, 0.25) is 0 Å². The van der Waals surface area contributed by atoms with Crippen LogP contribution in [-0.2, 0) is 22.5 Å². The van der Waals surface area contributed by atoms with Gasteiger partial charge in [0.25, 0.3) is 0 Å². The van der Waals surface area contributed by atoms with E-state index in [4.69, 9.17) is 9.84 Å². The van der Waals surface area contributed by atoms with Crippen molar-refractivity contribution >= 4 is 5.97 Å². The lowest BCUT2D eigenvalue weighted by molar-refractivity contribution is -0.136. The summed E-state index contributed by atoms with van der Waals surface area (Å²) in [7, 11) is 1.68. The van der Waals surface area contributed by atoms with Crippen molar-refractivity contribution in [3.8, 4) is 0 Å². The van der Waals surface area contributed by atoms with Gasteiger partial charge in [-0.05, 0) is 25.0 Å². The third-order valence-electron chi connectivity index (χ3n) is 2.65. The molecule has 0 fully saturated rings. The number of benzene rings is 1. The highest BCUT2D eigenvalue weighted by molar-refractivity contribution is 5.70. The zero-order chi connectivity index (χ0) is 13.6. The number of carbonyl (C=O) groups is 1. The van der Waals surface area contributed by atoms with E-state index >= 15 is 0 Å². The van der Waals surface area contributed by atoms with Crippen LogP contribution in [0.25, 0.3) is 0 Å². The fourth-order valence-corrected chi connectivity index (χ4v) is 1.70. The average Bonchev–Trinajstić information content (AvgIpc) is 2.27. The molecule has 0 heterocycles. The van der Waals surface area contributed by atoms with Gasteiger partial charge in [-0.3, -0.25) is 4.79 Å². The number of aliphatic carboxylic acids is 1. The van der Waals surface area contributed by atoms with Crippen molar-refractivity contribution < 1.29 is 14.6 Å². The Morgan fingerprint density at radius 3 is 2.33 bits per heavy atom. The van der Waals surface area contributed by atoms with Gasteiger partial charge in [0, 0.05) is 19.2 Å². The topological polar surface area (TPSA) is 58.6 Å². The SMILES string of the molecule is COCC(C)(C)NCc1ccc(CC(=O)O)cc1. The Morgan fingerprint density at radius 1 is 1.28 bits per heavy atom. The van der Waals surface area contributed by atoms with Crippen LogP contribution in [-0.4, -0.2) is 30.3 Å².